The standard InChI is InChI=1S/C14H16N2O3S/c17-11(18)6-5-8-7-15-14(20-8)16-13(19)12-9-3-1-2-4-10(9)12/h5-7,9-10,12H,1-4H2,(H,17,18)(H,15,16,19)/b6-5+. The van der Waals surface area contributed by atoms with E-state index in [0.29, 0.717) is 17.0 Å². The first-order chi connectivity index (χ1) is 9.65. The van der Waals surface area contributed by atoms with Crippen molar-refractivity contribution in [3.63, 3.8) is 0 Å². The quantitative estimate of drug-likeness (QED) is 0.836. The van der Waals surface area contributed by atoms with Crippen LogP contribution in [0, 0.1) is 17.8 Å². The van der Waals surface area contributed by atoms with Crippen LogP contribution in [0.3, 0.4) is 0 Å². The summed E-state index contributed by atoms with van der Waals surface area (Å²) in [5.74, 6) is 0.403. The number of nitrogens with zero attached hydrogens (tertiary/aromatic N) is 1. The van der Waals surface area contributed by atoms with E-state index in [2.05, 4.69) is 10.3 Å². The van der Waals surface area contributed by atoms with Crippen molar-refractivity contribution in [1.82, 2.24) is 4.98 Å². The maximum atomic E-state index is 12.2. The van der Waals surface area contributed by atoms with Gasteiger partial charge in [0.1, 0.15) is 0 Å². The topological polar surface area (TPSA) is 79.3 Å². The number of carboxylic acids is 1. The third-order valence-corrected chi connectivity index (χ3v) is 4.98. The lowest BCUT2D eigenvalue weighted by atomic mass is 10.0. The first-order valence-corrected chi connectivity index (χ1v) is 7.64. The first-order valence-electron chi connectivity index (χ1n) is 6.83. The number of fused-ring (bicyclic) bond motifs is 1. The number of aliphatic carboxylic acids is 1. The number of amides is 1. The summed E-state index contributed by atoms with van der Waals surface area (Å²) in [6.07, 6.45) is 8.94. The molecule has 2 saturated carbocycles. The molecule has 6 heteroatoms. The minimum Gasteiger partial charge on any atom is -0.478 e. The van der Waals surface area contributed by atoms with Crippen LogP contribution in [0.15, 0.2) is 12.3 Å². The number of hydrogen-bond donors (Lipinski definition) is 2. The van der Waals surface area contributed by atoms with Crippen LogP contribution in [0.4, 0.5) is 5.13 Å². The summed E-state index contributed by atoms with van der Waals surface area (Å²) in [5.41, 5.74) is 0. The number of nitrogens with one attached hydrogen (secondary N) is 1. The van der Waals surface area contributed by atoms with Gasteiger partial charge in [-0.05, 0) is 30.8 Å². The van der Waals surface area contributed by atoms with E-state index in [1.807, 2.05) is 0 Å². The Bertz CT molecular complexity index is 555. The molecule has 3 rings (SSSR count). The van der Waals surface area contributed by atoms with Crippen LogP contribution in [0.25, 0.3) is 6.08 Å². The summed E-state index contributed by atoms with van der Waals surface area (Å²) in [4.78, 5) is 27.4. The van der Waals surface area contributed by atoms with Crippen LogP contribution in [0.2, 0.25) is 0 Å². The lowest BCUT2D eigenvalue weighted by Crippen LogP contribution is -2.15. The largest absolute Gasteiger partial charge is 0.478 e. The van der Waals surface area contributed by atoms with Gasteiger partial charge in [0.05, 0.1) is 0 Å². The molecule has 2 atom stereocenters. The average Bonchev–Trinajstić information content (AvgIpc) is 3.00. The Kier molecular flexibility index (Phi) is 3.56. The molecule has 2 aliphatic rings. The molecule has 1 aromatic rings. The van der Waals surface area contributed by atoms with E-state index in [1.54, 1.807) is 6.20 Å². The van der Waals surface area contributed by atoms with Gasteiger partial charge in [-0.15, -0.1) is 0 Å². The Morgan fingerprint density at radius 3 is 2.70 bits per heavy atom. The Morgan fingerprint density at radius 2 is 2.05 bits per heavy atom. The smallest absolute Gasteiger partial charge is 0.328 e. The van der Waals surface area contributed by atoms with E-state index in [9.17, 15) is 9.59 Å². The Balaban J connectivity index is 1.58. The van der Waals surface area contributed by atoms with Gasteiger partial charge in [0.2, 0.25) is 5.91 Å². The van der Waals surface area contributed by atoms with Gasteiger partial charge in [-0.3, -0.25) is 4.79 Å². The highest BCUT2D eigenvalue weighted by atomic mass is 32.1. The summed E-state index contributed by atoms with van der Waals surface area (Å²) in [5, 5.41) is 12.0. The normalized spacial score (nSPS) is 28.1. The fourth-order valence-corrected chi connectivity index (χ4v) is 3.87. The summed E-state index contributed by atoms with van der Waals surface area (Å²) in [6.45, 7) is 0. The van der Waals surface area contributed by atoms with Crippen LogP contribution in [-0.4, -0.2) is 22.0 Å². The molecule has 1 amide bonds. The van der Waals surface area contributed by atoms with Crippen LogP contribution >= 0.6 is 11.3 Å². The number of carboxylic acid groups (broad SMARTS) is 1. The number of hydrogen-bond acceptors (Lipinski definition) is 4. The summed E-state index contributed by atoms with van der Waals surface area (Å²) < 4.78 is 0. The Hall–Kier alpha value is -1.69. The van der Waals surface area contributed by atoms with Gasteiger partial charge < -0.3 is 10.4 Å². The highest BCUT2D eigenvalue weighted by molar-refractivity contribution is 7.16. The van der Waals surface area contributed by atoms with Crippen LogP contribution in [0.5, 0.6) is 0 Å². The van der Waals surface area contributed by atoms with Crippen molar-refractivity contribution >= 4 is 34.4 Å². The zero-order valence-corrected chi connectivity index (χ0v) is 11.7. The van der Waals surface area contributed by atoms with E-state index < -0.39 is 5.97 Å². The van der Waals surface area contributed by atoms with E-state index >= 15 is 0 Å². The molecule has 0 saturated heterocycles. The number of rotatable bonds is 4. The van der Waals surface area contributed by atoms with Crippen molar-refractivity contribution in [2.24, 2.45) is 17.8 Å². The van der Waals surface area contributed by atoms with Gasteiger partial charge >= 0.3 is 5.97 Å². The van der Waals surface area contributed by atoms with Crippen molar-refractivity contribution in [1.29, 1.82) is 0 Å². The molecule has 20 heavy (non-hydrogen) atoms. The Labute approximate surface area is 120 Å². The molecule has 1 heterocycles. The second-order valence-electron chi connectivity index (χ2n) is 5.37. The fraction of sp³-hybridized carbons (Fsp3) is 0.500. The third-order valence-electron chi connectivity index (χ3n) is 4.10. The average molecular weight is 292 g/mol. The van der Waals surface area contributed by atoms with E-state index in [4.69, 9.17) is 5.11 Å². The maximum Gasteiger partial charge on any atom is 0.328 e. The molecule has 106 valence electrons. The van der Waals surface area contributed by atoms with Crippen LogP contribution in [-0.2, 0) is 9.59 Å². The van der Waals surface area contributed by atoms with E-state index in [-0.39, 0.29) is 11.8 Å². The summed E-state index contributed by atoms with van der Waals surface area (Å²) in [6, 6.07) is 0. The second kappa shape index (κ2) is 5.36. The number of thiazole rings is 1. The second-order valence-corrected chi connectivity index (χ2v) is 6.43. The van der Waals surface area contributed by atoms with Crippen molar-refractivity contribution in [3.8, 4) is 0 Å². The Morgan fingerprint density at radius 1 is 1.35 bits per heavy atom. The molecule has 0 spiro atoms. The van der Waals surface area contributed by atoms with Crippen LogP contribution < -0.4 is 5.32 Å². The van der Waals surface area contributed by atoms with Gasteiger partial charge in [-0.25, -0.2) is 9.78 Å². The summed E-state index contributed by atoms with van der Waals surface area (Å²) in [7, 11) is 0. The molecule has 0 aliphatic heterocycles. The van der Waals surface area contributed by atoms with E-state index in [1.165, 1.54) is 43.1 Å². The molecule has 2 aliphatic carbocycles. The van der Waals surface area contributed by atoms with Crippen molar-refractivity contribution in [2.45, 2.75) is 25.7 Å². The summed E-state index contributed by atoms with van der Waals surface area (Å²) >= 11 is 1.29. The number of carbonyl (C=O) groups is 2. The molecular formula is C14H16N2O3S. The molecular weight excluding hydrogens is 276 g/mol. The van der Waals surface area contributed by atoms with E-state index in [0.717, 1.165) is 11.0 Å². The SMILES string of the molecule is O=C(O)/C=C/c1cnc(NC(=O)C2C3CCCCC32)s1. The lowest BCUT2D eigenvalue weighted by molar-refractivity contribution is -0.131. The van der Waals surface area contributed by atoms with Crippen molar-refractivity contribution in [2.75, 3.05) is 5.32 Å². The molecule has 1 aromatic heterocycles. The lowest BCUT2D eigenvalue weighted by Gasteiger charge is -2.04. The number of carbonyl (C=O) groups excluding carboxylic acids is 1. The molecule has 2 N–H and O–H groups in total. The molecule has 2 fully saturated rings. The van der Waals surface area contributed by atoms with Crippen LogP contribution in [0.1, 0.15) is 30.6 Å². The van der Waals surface area contributed by atoms with Gasteiger partial charge in [0.15, 0.2) is 5.13 Å². The number of anilines is 1. The van der Waals surface area contributed by atoms with Gasteiger partial charge in [0.25, 0.3) is 0 Å². The highest BCUT2D eigenvalue weighted by Gasteiger charge is 2.54. The maximum absolute atomic E-state index is 12.2. The first kappa shape index (κ1) is 13.3. The molecule has 5 nitrogen and oxygen atoms in total. The predicted molar refractivity (Wildman–Crippen MR) is 76.4 cm³/mol. The monoisotopic (exact) mass is 292 g/mol. The van der Waals surface area contributed by atoms with Gasteiger partial charge in [-0.2, -0.15) is 0 Å². The zero-order valence-electron chi connectivity index (χ0n) is 10.9. The van der Waals surface area contributed by atoms with Crippen molar-refractivity contribution < 1.29 is 14.7 Å². The number of aromatic nitrogens is 1. The minimum absolute atomic E-state index is 0.0741. The van der Waals surface area contributed by atoms with Crippen molar-refractivity contribution in [3.05, 3.63) is 17.2 Å². The molecule has 0 bridgehead atoms. The van der Waals surface area contributed by atoms with Gasteiger partial charge in [0, 0.05) is 23.1 Å². The predicted octanol–water partition coefficient (Wildman–Crippen LogP) is 2.62. The highest BCUT2D eigenvalue weighted by Crippen LogP contribution is 2.55. The molecule has 0 radical (unpaired) electrons. The van der Waals surface area contributed by atoms with Gasteiger partial charge in [-0.1, -0.05) is 24.2 Å². The minimum atomic E-state index is -0.994. The fourth-order valence-electron chi connectivity index (χ4n) is 3.14. The zero-order chi connectivity index (χ0) is 14.1. The molecule has 0 aromatic carbocycles. The molecule has 2 unspecified atom stereocenters. The third kappa shape index (κ3) is 2.75.